The second kappa shape index (κ2) is 7.50. The molecule has 3 heteroatoms. The average Bonchev–Trinajstić information content (AvgIpc) is 2.55. The van der Waals surface area contributed by atoms with Gasteiger partial charge in [0.15, 0.2) is 11.5 Å². The highest BCUT2D eigenvalue weighted by Crippen LogP contribution is 2.28. The van der Waals surface area contributed by atoms with Crippen molar-refractivity contribution >= 4 is 13.3 Å². The topological polar surface area (TPSA) is 18.5 Å². The van der Waals surface area contributed by atoms with Crippen molar-refractivity contribution in [1.82, 2.24) is 0 Å². The molecule has 0 atom stereocenters. The molecule has 0 aliphatic heterocycles. The standard InChI is InChI=1S/C19H26O2Si/c1-20-18-13-12-16(15-19(18)21-2)9-8-14-22(3,4)17-10-6-5-7-11-17/h5-7,10-13,15H,8-9,14H2,1-4H3. The van der Waals surface area contributed by atoms with E-state index in [1.54, 1.807) is 19.4 Å². The molecule has 0 bridgehead atoms. The lowest BCUT2D eigenvalue weighted by molar-refractivity contribution is 0.354. The summed E-state index contributed by atoms with van der Waals surface area (Å²) < 4.78 is 10.7. The van der Waals surface area contributed by atoms with Gasteiger partial charge in [-0.2, -0.15) is 0 Å². The molecule has 0 aliphatic rings. The molecule has 118 valence electrons. The van der Waals surface area contributed by atoms with Crippen LogP contribution in [0.15, 0.2) is 48.5 Å². The van der Waals surface area contributed by atoms with E-state index >= 15 is 0 Å². The van der Waals surface area contributed by atoms with Gasteiger partial charge in [0.1, 0.15) is 0 Å². The van der Waals surface area contributed by atoms with Gasteiger partial charge in [-0.1, -0.05) is 67.1 Å². The molecule has 2 aromatic rings. The Hall–Kier alpha value is -1.74. The van der Waals surface area contributed by atoms with Gasteiger partial charge < -0.3 is 9.47 Å². The van der Waals surface area contributed by atoms with E-state index in [2.05, 4.69) is 55.6 Å². The lowest BCUT2D eigenvalue weighted by atomic mass is 10.1. The Morgan fingerprint density at radius 1 is 0.864 bits per heavy atom. The number of rotatable bonds is 7. The molecule has 2 aromatic carbocycles. The molecule has 0 saturated heterocycles. The summed E-state index contributed by atoms with van der Waals surface area (Å²) in [5.41, 5.74) is 1.32. The Balaban J connectivity index is 1.96. The van der Waals surface area contributed by atoms with Gasteiger partial charge in [-0.25, -0.2) is 0 Å². The van der Waals surface area contributed by atoms with Gasteiger partial charge in [-0.15, -0.1) is 0 Å². The first-order valence-corrected chi connectivity index (χ1v) is 11.0. The molecule has 0 unspecified atom stereocenters. The summed E-state index contributed by atoms with van der Waals surface area (Å²) in [6, 6.07) is 18.5. The van der Waals surface area contributed by atoms with Gasteiger partial charge in [0.05, 0.1) is 22.3 Å². The van der Waals surface area contributed by atoms with E-state index in [0.29, 0.717) is 0 Å². The summed E-state index contributed by atoms with van der Waals surface area (Å²) in [5.74, 6) is 1.62. The lowest BCUT2D eigenvalue weighted by Gasteiger charge is -2.23. The van der Waals surface area contributed by atoms with E-state index in [0.717, 1.165) is 17.9 Å². The molecule has 0 saturated carbocycles. The Kier molecular flexibility index (Phi) is 5.67. The number of methoxy groups -OCH3 is 2. The zero-order chi connectivity index (χ0) is 16.0. The largest absolute Gasteiger partial charge is 0.493 e. The Morgan fingerprint density at radius 2 is 1.55 bits per heavy atom. The fraction of sp³-hybridized carbons (Fsp3) is 0.368. The van der Waals surface area contributed by atoms with Gasteiger partial charge in [-0.05, 0) is 24.1 Å². The summed E-state index contributed by atoms with van der Waals surface area (Å²) in [4.78, 5) is 0. The van der Waals surface area contributed by atoms with E-state index in [4.69, 9.17) is 9.47 Å². The van der Waals surface area contributed by atoms with Crippen LogP contribution in [-0.2, 0) is 6.42 Å². The predicted molar refractivity (Wildman–Crippen MR) is 96.2 cm³/mol. The second-order valence-corrected chi connectivity index (χ2v) is 11.1. The molecule has 0 amide bonds. The molecule has 0 aromatic heterocycles. The molecule has 0 radical (unpaired) electrons. The van der Waals surface area contributed by atoms with Crippen LogP contribution in [-0.4, -0.2) is 22.3 Å². The maximum Gasteiger partial charge on any atom is 0.160 e. The predicted octanol–water partition coefficient (Wildman–Crippen LogP) is 4.25. The maximum atomic E-state index is 5.38. The summed E-state index contributed by atoms with van der Waals surface area (Å²) in [7, 11) is 2.03. The molecule has 2 nitrogen and oxygen atoms in total. The van der Waals surface area contributed by atoms with Crippen molar-refractivity contribution in [3.8, 4) is 11.5 Å². The maximum absolute atomic E-state index is 5.38. The molecule has 2 rings (SSSR count). The number of hydrogen-bond donors (Lipinski definition) is 0. The highest BCUT2D eigenvalue weighted by atomic mass is 28.3. The lowest BCUT2D eigenvalue weighted by Crippen LogP contribution is -2.40. The molecule has 0 fully saturated rings. The van der Waals surface area contributed by atoms with E-state index in [1.165, 1.54) is 18.0 Å². The van der Waals surface area contributed by atoms with Crippen LogP contribution in [0, 0.1) is 0 Å². The van der Waals surface area contributed by atoms with Crippen LogP contribution in [0.2, 0.25) is 19.1 Å². The van der Waals surface area contributed by atoms with Crippen LogP contribution in [0.25, 0.3) is 0 Å². The highest BCUT2D eigenvalue weighted by molar-refractivity contribution is 6.89. The van der Waals surface area contributed by atoms with Gasteiger partial charge in [-0.3, -0.25) is 0 Å². The number of benzene rings is 2. The summed E-state index contributed by atoms with van der Waals surface area (Å²) in [6.07, 6.45) is 2.30. The minimum absolute atomic E-state index is 0.797. The minimum atomic E-state index is -1.33. The fourth-order valence-electron chi connectivity index (χ4n) is 2.80. The van der Waals surface area contributed by atoms with Crippen LogP contribution in [0.3, 0.4) is 0 Å². The quantitative estimate of drug-likeness (QED) is 0.711. The van der Waals surface area contributed by atoms with Crippen LogP contribution >= 0.6 is 0 Å². The van der Waals surface area contributed by atoms with Crippen molar-refractivity contribution in [3.63, 3.8) is 0 Å². The molecule has 22 heavy (non-hydrogen) atoms. The molecule has 0 spiro atoms. The first-order chi connectivity index (χ1) is 10.6. The zero-order valence-corrected chi connectivity index (χ0v) is 15.1. The highest BCUT2D eigenvalue weighted by Gasteiger charge is 2.22. The van der Waals surface area contributed by atoms with E-state index in [-0.39, 0.29) is 0 Å². The number of aryl methyl sites for hydroxylation is 1. The first kappa shape index (κ1) is 16.6. The molecular weight excluding hydrogens is 288 g/mol. The third-order valence-corrected chi connectivity index (χ3v) is 7.77. The van der Waals surface area contributed by atoms with Crippen molar-refractivity contribution in [2.24, 2.45) is 0 Å². The average molecular weight is 315 g/mol. The van der Waals surface area contributed by atoms with Crippen LogP contribution in [0.1, 0.15) is 12.0 Å². The fourth-order valence-corrected chi connectivity index (χ4v) is 5.25. The smallest absolute Gasteiger partial charge is 0.160 e. The van der Waals surface area contributed by atoms with Crippen molar-refractivity contribution < 1.29 is 9.47 Å². The summed E-state index contributed by atoms with van der Waals surface area (Å²) in [5, 5.41) is 1.54. The summed E-state index contributed by atoms with van der Waals surface area (Å²) >= 11 is 0. The SMILES string of the molecule is COc1ccc(CCC[Si](C)(C)c2ccccc2)cc1OC. The molecule has 0 heterocycles. The monoisotopic (exact) mass is 314 g/mol. The van der Waals surface area contributed by atoms with Crippen molar-refractivity contribution in [2.75, 3.05) is 14.2 Å². The van der Waals surface area contributed by atoms with E-state index in [9.17, 15) is 0 Å². The van der Waals surface area contributed by atoms with Crippen molar-refractivity contribution in [1.29, 1.82) is 0 Å². The Morgan fingerprint density at radius 3 is 2.18 bits per heavy atom. The molecular formula is C19H26O2Si. The van der Waals surface area contributed by atoms with Crippen LogP contribution < -0.4 is 14.7 Å². The van der Waals surface area contributed by atoms with Gasteiger partial charge in [0, 0.05) is 0 Å². The number of hydrogen-bond acceptors (Lipinski definition) is 2. The normalized spacial score (nSPS) is 11.3. The van der Waals surface area contributed by atoms with Crippen molar-refractivity contribution in [2.45, 2.75) is 32.0 Å². The van der Waals surface area contributed by atoms with Crippen molar-refractivity contribution in [3.05, 3.63) is 54.1 Å². The minimum Gasteiger partial charge on any atom is -0.493 e. The van der Waals surface area contributed by atoms with Gasteiger partial charge >= 0.3 is 0 Å². The molecule has 0 aliphatic carbocycles. The Bertz CT molecular complexity index is 594. The van der Waals surface area contributed by atoms with Crippen LogP contribution in [0.5, 0.6) is 11.5 Å². The van der Waals surface area contributed by atoms with Gasteiger partial charge in [0.2, 0.25) is 0 Å². The van der Waals surface area contributed by atoms with Crippen LogP contribution in [0.4, 0.5) is 0 Å². The summed E-state index contributed by atoms with van der Waals surface area (Å²) in [6.45, 7) is 4.91. The van der Waals surface area contributed by atoms with Gasteiger partial charge in [0.25, 0.3) is 0 Å². The third kappa shape index (κ3) is 4.14. The molecule has 0 N–H and O–H groups in total. The third-order valence-electron chi connectivity index (χ3n) is 4.27. The van der Waals surface area contributed by atoms with E-state index in [1.807, 2.05) is 6.07 Å². The Labute approximate surface area is 135 Å². The zero-order valence-electron chi connectivity index (χ0n) is 14.1. The number of ether oxygens (including phenoxy) is 2. The van der Waals surface area contributed by atoms with E-state index < -0.39 is 8.07 Å². The first-order valence-electron chi connectivity index (χ1n) is 7.83. The second-order valence-electron chi connectivity index (χ2n) is 6.29.